The van der Waals surface area contributed by atoms with E-state index < -0.39 is 0 Å². The average Bonchev–Trinajstić information content (AvgIpc) is 2.69. The van der Waals surface area contributed by atoms with Crippen LogP contribution in [0, 0.1) is 12.8 Å². The molecule has 3 aromatic rings. The lowest BCUT2D eigenvalue weighted by Crippen LogP contribution is -2.24. The molecular weight excluding hydrogens is 338 g/mol. The van der Waals surface area contributed by atoms with Gasteiger partial charge in [0.15, 0.2) is 5.43 Å². The summed E-state index contributed by atoms with van der Waals surface area (Å²) in [6.07, 6.45) is 5.33. The topological polar surface area (TPSA) is 59.3 Å². The van der Waals surface area contributed by atoms with Gasteiger partial charge in [0.25, 0.3) is 0 Å². The minimum Gasteiger partial charge on any atom is -0.456 e. The van der Waals surface area contributed by atoms with E-state index in [0.29, 0.717) is 22.4 Å². The van der Waals surface area contributed by atoms with Gasteiger partial charge < -0.3 is 9.73 Å². The zero-order valence-electron chi connectivity index (χ0n) is 15.5. The van der Waals surface area contributed by atoms with Crippen molar-refractivity contribution in [3.63, 3.8) is 0 Å². The Kier molecular flexibility index (Phi) is 4.80. The highest BCUT2D eigenvalue weighted by molar-refractivity contribution is 5.94. The first-order chi connectivity index (χ1) is 13.1. The van der Waals surface area contributed by atoms with Gasteiger partial charge in [-0.25, -0.2) is 0 Å². The van der Waals surface area contributed by atoms with Crippen LogP contribution in [-0.2, 0) is 4.79 Å². The van der Waals surface area contributed by atoms with Crippen LogP contribution in [0.4, 0.5) is 5.69 Å². The molecule has 1 aliphatic rings. The van der Waals surface area contributed by atoms with Crippen molar-refractivity contribution < 1.29 is 9.21 Å². The van der Waals surface area contributed by atoms with Crippen molar-refractivity contribution in [2.75, 3.05) is 5.32 Å². The summed E-state index contributed by atoms with van der Waals surface area (Å²) in [5, 5.41) is 3.44. The van der Waals surface area contributed by atoms with Crippen LogP contribution in [0.1, 0.15) is 37.7 Å². The molecule has 0 bridgehead atoms. The van der Waals surface area contributed by atoms with Gasteiger partial charge in [0, 0.05) is 23.2 Å². The molecule has 4 nitrogen and oxygen atoms in total. The minimum absolute atomic E-state index is 0.0507. The molecule has 4 heteroatoms. The zero-order valence-corrected chi connectivity index (χ0v) is 15.5. The van der Waals surface area contributed by atoms with Crippen molar-refractivity contribution in [1.82, 2.24) is 0 Å². The van der Waals surface area contributed by atoms with Gasteiger partial charge in [-0.05, 0) is 38.0 Å². The summed E-state index contributed by atoms with van der Waals surface area (Å²) in [7, 11) is 0. The summed E-state index contributed by atoms with van der Waals surface area (Å²) in [6, 6.07) is 14.6. The first kappa shape index (κ1) is 17.5. The summed E-state index contributed by atoms with van der Waals surface area (Å²) in [5.41, 5.74) is 3.08. The number of rotatable bonds is 3. The second-order valence-electron chi connectivity index (χ2n) is 7.38. The van der Waals surface area contributed by atoms with Crippen LogP contribution in [-0.4, -0.2) is 5.91 Å². The molecule has 0 aliphatic heterocycles. The summed E-state index contributed by atoms with van der Waals surface area (Å²) in [6.45, 7) is 2.02. The van der Waals surface area contributed by atoms with E-state index in [9.17, 15) is 9.59 Å². The van der Waals surface area contributed by atoms with Crippen LogP contribution in [0.5, 0.6) is 0 Å². The quantitative estimate of drug-likeness (QED) is 0.690. The lowest BCUT2D eigenvalue weighted by molar-refractivity contribution is -0.120. The Bertz CT molecular complexity index is 1030. The predicted octanol–water partition coefficient (Wildman–Crippen LogP) is 5.29. The van der Waals surface area contributed by atoms with E-state index in [1.807, 2.05) is 31.2 Å². The van der Waals surface area contributed by atoms with Crippen LogP contribution >= 0.6 is 0 Å². The van der Waals surface area contributed by atoms with Crippen LogP contribution < -0.4 is 10.7 Å². The third-order valence-corrected chi connectivity index (χ3v) is 5.31. The summed E-state index contributed by atoms with van der Waals surface area (Å²) >= 11 is 0. The number of anilines is 1. The number of hydrogen-bond donors (Lipinski definition) is 1. The summed E-state index contributed by atoms with van der Waals surface area (Å²) < 4.78 is 5.93. The number of aryl methyl sites for hydroxylation is 1. The molecule has 1 amide bonds. The van der Waals surface area contributed by atoms with E-state index in [1.165, 1.54) is 12.5 Å². The fraction of sp³-hybridized carbons (Fsp3) is 0.304. The van der Waals surface area contributed by atoms with Gasteiger partial charge in [0.1, 0.15) is 11.3 Å². The zero-order chi connectivity index (χ0) is 18.8. The SMILES string of the molecule is Cc1ccc(-c2cc(=O)c3cc(NC(=O)C4CCCCC4)ccc3o2)cc1. The van der Waals surface area contributed by atoms with Gasteiger partial charge in [-0.1, -0.05) is 49.1 Å². The van der Waals surface area contributed by atoms with Crippen molar-refractivity contribution in [1.29, 1.82) is 0 Å². The molecule has 2 aromatic carbocycles. The maximum atomic E-state index is 12.6. The molecule has 1 fully saturated rings. The third kappa shape index (κ3) is 3.80. The second kappa shape index (κ2) is 7.39. The van der Waals surface area contributed by atoms with Gasteiger partial charge >= 0.3 is 0 Å². The van der Waals surface area contributed by atoms with Gasteiger partial charge in [0.05, 0.1) is 5.39 Å². The van der Waals surface area contributed by atoms with E-state index in [0.717, 1.165) is 36.8 Å². The number of carbonyl (C=O) groups excluding carboxylic acids is 1. The summed E-state index contributed by atoms with van der Waals surface area (Å²) in [5.74, 6) is 0.677. The largest absolute Gasteiger partial charge is 0.456 e. The highest BCUT2D eigenvalue weighted by Gasteiger charge is 2.21. The lowest BCUT2D eigenvalue weighted by atomic mass is 9.88. The predicted molar refractivity (Wildman–Crippen MR) is 108 cm³/mol. The summed E-state index contributed by atoms with van der Waals surface area (Å²) in [4.78, 5) is 25.0. The number of hydrogen-bond acceptors (Lipinski definition) is 3. The van der Waals surface area contributed by atoms with Gasteiger partial charge in [0.2, 0.25) is 5.91 Å². The van der Waals surface area contributed by atoms with E-state index in [4.69, 9.17) is 4.42 Å². The molecule has 0 spiro atoms. The van der Waals surface area contributed by atoms with Crippen molar-refractivity contribution in [3.05, 3.63) is 64.3 Å². The molecule has 1 heterocycles. The van der Waals surface area contributed by atoms with Crippen molar-refractivity contribution in [3.8, 4) is 11.3 Å². The van der Waals surface area contributed by atoms with Crippen LogP contribution in [0.25, 0.3) is 22.3 Å². The Labute approximate surface area is 158 Å². The number of nitrogens with one attached hydrogen (secondary N) is 1. The molecule has 0 radical (unpaired) electrons. The molecule has 1 aromatic heterocycles. The molecule has 0 unspecified atom stereocenters. The van der Waals surface area contributed by atoms with Crippen molar-refractivity contribution in [2.45, 2.75) is 39.0 Å². The van der Waals surface area contributed by atoms with Crippen molar-refractivity contribution in [2.24, 2.45) is 5.92 Å². The number of amides is 1. The van der Waals surface area contributed by atoms with Gasteiger partial charge in [-0.15, -0.1) is 0 Å². The van der Waals surface area contributed by atoms with E-state index >= 15 is 0 Å². The minimum atomic E-state index is -0.111. The molecule has 138 valence electrons. The fourth-order valence-electron chi connectivity index (χ4n) is 3.70. The molecule has 0 saturated heterocycles. The molecule has 1 saturated carbocycles. The van der Waals surface area contributed by atoms with E-state index in [1.54, 1.807) is 18.2 Å². The Hall–Kier alpha value is -2.88. The maximum absolute atomic E-state index is 12.6. The Balaban J connectivity index is 1.62. The van der Waals surface area contributed by atoms with Crippen LogP contribution in [0.15, 0.2) is 57.7 Å². The Morgan fingerprint density at radius 3 is 2.48 bits per heavy atom. The third-order valence-electron chi connectivity index (χ3n) is 5.31. The number of fused-ring (bicyclic) bond motifs is 1. The molecule has 1 N–H and O–H groups in total. The Morgan fingerprint density at radius 2 is 1.74 bits per heavy atom. The first-order valence-corrected chi connectivity index (χ1v) is 9.56. The lowest BCUT2D eigenvalue weighted by Gasteiger charge is -2.20. The van der Waals surface area contributed by atoms with Crippen molar-refractivity contribution >= 4 is 22.6 Å². The fourth-order valence-corrected chi connectivity index (χ4v) is 3.70. The molecule has 0 atom stereocenters. The Morgan fingerprint density at radius 1 is 1.00 bits per heavy atom. The van der Waals surface area contributed by atoms with Gasteiger partial charge in [-0.2, -0.15) is 0 Å². The second-order valence-corrected chi connectivity index (χ2v) is 7.38. The molecular formula is C23H23NO3. The monoisotopic (exact) mass is 361 g/mol. The molecule has 1 aliphatic carbocycles. The average molecular weight is 361 g/mol. The van der Waals surface area contributed by atoms with E-state index in [2.05, 4.69) is 5.32 Å². The number of benzene rings is 2. The molecule has 4 rings (SSSR count). The van der Waals surface area contributed by atoms with Crippen LogP contribution in [0.3, 0.4) is 0 Å². The highest BCUT2D eigenvalue weighted by Crippen LogP contribution is 2.27. The maximum Gasteiger partial charge on any atom is 0.227 e. The normalized spacial score (nSPS) is 15.0. The standard InChI is InChI=1S/C23H23NO3/c1-15-7-9-16(10-8-15)22-14-20(25)19-13-18(11-12-21(19)27-22)24-23(26)17-5-3-2-4-6-17/h7-14,17H,2-6H2,1H3,(H,24,26). The molecule has 27 heavy (non-hydrogen) atoms. The first-order valence-electron chi connectivity index (χ1n) is 9.56. The van der Waals surface area contributed by atoms with Gasteiger partial charge in [-0.3, -0.25) is 9.59 Å². The van der Waals surface area contributed by atoms with E-state index in [-0.39, 0.29) is 17.3 Å². The van der Waals surface area contributed by atoms with Crippen LogP contribution in [0.2, 0.25) is 0 Å². The highest BCUT2D eigenvalue weighted by atomic mass is 16.3. The number of carbonyl (C=O) groups is 1. The smallest absolute Gasteiger partial charge is 0.227 e.